The van der Waals surface area contributed by atoms with Gasteiger partial charge < -0.3 is 16.0 Å². The minimum Gasteiger partial charge on any atom is -0.352 e. The Bertz CT molecular complexity index is 428. The summed E-state index contributed by atoms with van der Waals surface area (Å²) in [5.74, 6) is 0.873. The number of nitrogens with zero attached hydrogens (tertiary/aromatic N) is 3. The van der Waals surface area contributed by atoms with Gasteiger partial charge >= 0.3 is 0 Å². The summed E-state index contributed by atoms with van der Waals surface area (Å²) >= 11 is 0. The number of anilines is 1. The van der Waals surface area contributed by atoms with Crippen LogP contribution in [0.2, 0.25) is 0 Å². The Kier molecular flexibility index (Phi) is 4.89. The van der Waals surface area contributed by atoms with E-state index in [0.29, 0.717) is 0 Å². The maximum atomic E-state index is 11.9. The Balaban J connectivity index is 1.81. The summed E-state index contributed by atoms with van der Waals surface area (Å²) in [4.78, 5) is 22.6. The Morgan fingerprint density at radius 2 is 1.95 bits per heavy atom. The normalized spacial score (nSPS) is 18.1. The number of nitrogens with two attached hydrogens (primary N) is 1. The summed E-state index contributed by atoms with van der Waals surface area (Å²) in [6.45, 7) is 5.62. The molecule has 6 nitrogen and oxygen atoms in total. The summed E-state index contributed by atoms with van der Waals surface area (Å²) < 4.78 is 0. The summed E-state index contributed by atoms with van der Waals surface area (Å²) in [7, 11) is 0. The van der Waals surface area contributed by atoms with Crippen LogP contribution in [-0.2, 0) is 4.79 Å². The summed E-state index contributed by atoms with van der Waals surface area (Å²) in [5, 5.41) is 3.04. The molecule has 0 spiro atoms. The Morgan fingerprint density at radius 3 is 2.50 bits per heavy atom. The van der Waals surface area contributed by atoms with Crippen LogP contribution in [0.4, 0.5) is 5.95 Å². The van der Waals surface area contributed by atoms with E-state index in [1.165, 1.54) is 0 Å². The monoisotopic (exact) mass is 277 g/mol. The van der Waals surface area contributed by atoms with Gasteiger partial charge in [-0.25, -0.2) is 9.97 Å². The van der Waals surface area contributed by atoms with Crippen molar-refractivity contribution in [3.63, 3.8) is 0 Å². The average Bonchev–Trinajstić information content (AvgIpc) is 2.48. The first kappa shape index (κ1) is 14.7. The molecule has 0 saturated carbocycles. The lowest BCUT2D eigenvalue weighted by Crippen LogP contribution is -2.51. The highest BCUT2D eigenvalue weighted by atomic mass is 16.2. The number of piperidine rings is 1. The number of aromatic nitrogens is 2. The second-order valence-corrected chi connectivity index (χ2v) is 5.59. The van der Waals surface area contributed by atoms with Crippen LogP contribution in [0.3, 0.4) is 0 Å². The quantitative estimate of drug-likeness (QED) is 0.839. The fourth-order valence-corrected chi connectivity index (χ4v) is 2.28. The Labute approximate surface area is 119 Å². The number of carbonyl (C=O) groups is 1. The van der Waals surface area contributed by atoms with Crippen LogP contribution in [0.25, 0.3) is 0 Å². The van der Waals surface area contributed by atoms with E-state index >= 15 is 0 Å². The molecule has 6 heteroatoms. The third-order valence-electron chi connectivity index (χ3n) is 3.70. The molecule has 0 aromatic carbocycles. The molecule has 3 N–H and O–H groups in total. The van der Waals surface area contributed by atoms with Crippen LogP contribution in [0.15, 0.2) is 18.5 Å². The molecule has 110 valence electrons. The van der Waals surface area contributed by atoms with E-state index < -0.39 is 6.04 Å². The van der Waals surface area contributed by atoms with E-state index in [1.54, 1.807) is 12.4 Å². The number of rotatable bonds is 4. The summed E-state index contributed by atoms with van der Waals surface area (Å²) in [6, 6.07) is 1.58. The van der Waals surface area contributed by atoms with Gasteiger partial charge in [-0.3, -0.25) is 4.79 Å². The van der Waals surface area contributed by atoms with E-state index in [-0.39, 0.29) is 17.9 Å². The van der Waals surface area contributed by atoms with Gasteiger partial charge in [0.25, 0.3) is 0 Å². The van der Waals surface area contributed by atoms with Gasteiger partial charge in [0.05, 0.1) is 6.04 Å². The zero-order valence-corrected chi connectivity index (χ0v) is 12.1. The maximum Gasteiger partial charge on any atom is 0.237 e. The smallest absolute Gasteiger partial charge is 0.237 e. The SMILES string of the molecule is CC(C)C(N)C(=O)NC1CCN(c2ncccn2)CC1. The molecule has 1 amide bonds. The molecule has 0 radical (unpaired) electrons. The minimum absolute atomic E-state index is 0.0468. The second-order valence-electron chi connectivity index (χ2n) is 5.59. The second kappa shape index (κ2) is 6.65. The van der Waals surface area contributed by atoms with Gasteiger partial charge in [-0.1, -0.05) is 13.8 Å². The van der Waals surface area contributed by atoms with Gasteiger partial charge in [-0.15, -0.1) is 0 Å². The number of carbonyl (C=O) groups excluding carboxylic acids is 1. The van der Waals surface area contributed by atoms with Crippen LogP contribution >= 0.6 is 0 Å². The van der Waals surface area contributed by atoms with Crippen molar-refractivity contribution in [2.24, 2.45) is 11.7 Å². The third kappa shape index (κ3) is 3.66. The number of nitrogens with one attached hydrogen (secondary N) is 1. The largest absolute Gasteiger partial charge is 0.352 e. The van der Waals surface area contributed by atoms with E-state index in [2.05, 4.69) is 20.2 Å². The Hall–Kier alpha value is -1.69. The topological polar surface area (TPSA) is 84.1 Å². The molecule has 1 aliphatic rings. The zero-order valence-electron chi connectivity index (χ0n) is 12.1. The minimum atomic E-state index is -0.425. The van der Waals surface area contributed by atoms with Gasteiger partial charge in [0.2, 0.25) is 11.9 Å². The van der Waals surface area contributed by atoms with E-state index in [9.17, 15) is 4.79 Å². The first-order valence-corrected chi connectivity index (χ1v) is 7.16. The van der Waals surface area contributed by atoms with Crippen LogP contribution < -0.4 is 16.0 Å². The fourth-order valence-electron chi connectivity index (χ4n) is 2.28. The predicted molar refractivity (Wildman–Crippen MR) is 78.2 cm³/mol. The highest BCUT2D eigenvalue weighted by molar-refractivity contribution is 5.82. The van der Waals surface area contributed by atoms with Crippen LogP contribution in [0.1, 0.15) is 26.7 Å². The molecule has 0 aliphatic carbocycles. The number of amides is 1. The standard InChI is InChI=1S/C14H23N5O/c1-10(2)12(15)13(20)18-11-4-8-19(9-5-11)14-16-6-3-7-17-14/h3,6-7,10-12H,4-5,8-9,15H2,1-2H3,(H,18,20). The van der Waals surface area contributed by atoms with Crippen molar-refractivity contribution in [3.05, 3.63) is 18.5 Å². The summed E-state index contributed by atoms with van der Waals surface area (Å²) in [6.07, 6.45) is 5.29. The number of hydrogen-bond acceptors (Lipinski definition) is 5. The van der Waals surface area contributed by atoms with Gasteiger partial charge in [0, 0.05) is 31.5 Å². The highest BCUT2D eigenvalue weighted by Gasteiger charge is 2.24. The highest BCUT2D eigenvalue weighted by Crippen LogP contribution is 2.15. The molecular formula is C14H23N5O. The van der Waals surface area contributed by atoms with Crippen molar-refractivity contribution < 1.29 is 4.79 Å². The molecule has 2 heterocycles. The van der Waals surface area contributed by atoms with Gasteiger partial charge in [0.1, 0.15) is 0 Å². The van der Waals surface area contributed by atoms with Crippen molar-refractivity contribution in [3.8, 4) is 0 Å². The molecule has 1 unspecified atom stereocenters. The first-order chi connectivity index (χ1) is 9.58. The Morgan fingerprint density at radius 1 is 1.35 bits per heavy atom. The van der Waals surface area contributed by atoms with Crippen molar-refractivity contribution in [1.82, 2.24) is 15.3 Å². The van der Waals surface area contributed by atoms with Gasteiger partial charge in [-0.2, -0.15) is 0 Å². The predicted octanol–water partition coefficient (Wildman–Crippen LogP) is 0.545. The molecule has 1 aromatic heterocycles. The molecule has 1 aliphatic heterocycles. The van der Waals surface area contributed by atoms with Crippen molar-refractivity contribution >= 4 is 11.9 Å². The van der Waals surface area contributed by atoms with Crippen molar-refractivity contribution in [2.75, 3.05) is 18.0 Å². The molecule has 1 atom stereocenters. The molecule has 0 bridgehead atoms. The first-order valence-electron chi connectivity index (χ1n) is 7.16. The van der Waals surface area contributed by atoms with E-state index in [0.717, 1.165) is 31.9 Å². The van der Waals surface area contributed by atoms with Gasteiger partial charge in [0.15, 0.2) is 0 Å². The molecule has 1 aromatic rings. The van der Waals surface area contributed by atoms with Crippen LogP contribution in [-0.4, -0.2) is 41.0 Å². The summed E-state index contributed by atoms with van der Waals surface area (Å²) in [5.41, 5.74) is 5.85. The molecule has 1 saturated heterocycles. The molecular weight excluding hydrogens is 254 g/mol. The third-order valence-corrected chi connectivity index (χ3v) is 3.70. The number of hydrogen-bond donors (Lipinski definition) is 2. The van der Waals surface area contributed by atoms with Crippen molar-refractivity contribution in [2.45, 2.75) is 38.8 Å². The lowest BCUT2D eigenvalue weighted by Gasteiger charge is -2.33. The lowest BCUT2D eigenvalue weighted by atomic mass is 10.0. The lowest BCUT2D eigenvalue weighted by molar-refractivity contribution is -0.124. The zero-order chi connectivity index (χ0) is 14.5. The molecule has 2 rings (SSSR count). The molecule has 1 fully saturated rings. The van der Waals surface area contributed by atoms with Gasteiger partial charge in [-0.05, 0) is 24.8 Å². The van der Waals surface area contributed by atoms with E-state index in [4.69, 9.17) is 5.73 Å². The average molecular weight is 277 g/mol. The van der Waals surface area contributed by atoms with Crippen LogP contribution in [0, 0.1) is 5.92 Å². The van der Waals surface area contributed by atoms with Crippen LogP contribution in [0.5, 0.6) is 0 Å². The maximum absolute atomic E-state index is 11.9. The molecule has 20 heavy (non-hydrogen) atoms. The van der Waals surface area contributed by atoms with Crippen molar-refractivity contribution in [1.29, 1.82) is 0 Å². The van der Waals surface area contributed by atoms with E-state index in [1.807, 2.05) is 19.9 Å². The fraction of sp³-hybridized carbons (Fsp3) is 0.643.